The van der Waals surface area contributed by atoms with Gasteiger partial charge in [0.1, 0.15) is 5.82 Å². The van der Waals surface area contributed by atoms with Gasteiger partial charge in [-0.15, -0.1) is 53.6 Å². The first-order chi connectivity index (χ1) is 27.9. The Labute approximate surface area is 373 Å². The quantitative estimate of drug-likeness (QED) is 0.142. The Balaban J connectivity index is 0.00000544. The molecule has 8 rings (SSSR count). The standard InChI is InChI=1S/C54H59N4O.Pt/c1-13-54(12,14-2)38-18-17-19-40(28-38)56-35-57(49-31-36(51(3,4)5)22-25-47(49)56)41-29-39(53(9,10)11)30-43(33-41)59-42-23-24-45-44-20-15-16-21-46(44)58(48(45)34-42)50-32-37(26-27-55-50)52(6,7)8;/h15-32,35H,13-14H2,1-12H3;/q-3;. The maximum Gasteiger partial charge on any atom is 0.135 e. The molecule has 6 heteroatoms. The van der Waals surface area contributed by atoms with E-state index in [9.17, 15) is 0 Å². The van der Waals surface area contributed by atoms with Crippen LogP contribution in [0.25, 0.3) is 27.6 Å². The molecule has 0 atom stereocenters. The van der Waals surface area contributed by atoms with E-state index < -0.39 is 0 Å². The van der Waals surface area contributed by atoms with Gasteiger partial charge >= 0.3 is 0 Å². The van der Waals surface area contributed by atoms with Gasteiger partial charge in [-0.1, -0.05) is 125 Å². The monoisotopic (exact) mass is 974 g/mol. The van der Waals surface area contributed by atoms with E-state index in [4.69, 9.17) is 9.72 Å². The fourth-order valence-corrected chi connectivity index (χ4v) is 8.16. The molecule has 5 nitrogen and oxygen atoms in total. The second kappa shape index (κ2) is 15.9. The van der Waals surface area contributed by atoms with Crippen molar-refractivity contribution in [2.24, 2.45) is 0 Å². The number of rotatable bonds is 8. The summed E-state index contributed by atoms with van der Waals surface area (Å²) in [5.74, 6) is 2.13. The van der Waals surface area contributed by atoms with Crippen molar-refractivity contribution >= 4 is 44.6 Å². The van der Waals surface area contributed by atoms with Crippen LogP contribution in [0.15, 0.2) is 109 Å². The van der Waals surface area contributed by atoms with Gasteiger partial charge in [0.2, 0.25) is 0 Å². The summed E-state index contributed by atoms with van der Waals surface area (Å²) in [6, 6.07) is 44.8. The third-order valence-corrected chi connectivity index (χ3v) is 12.5. The topological polar surface area (TPSA) is 33.5 Å². The molecule has 3 heterocycles. The van der Waals surface area contributed by atoms with E-state index in [-0.39, 0.29) is 42.7 Å². The fraction of sp³-hybridized carbons (Fsp3) is 0.333. The van der Waals surface area contributed by atoms with Crippen LogP contribution in [0.4, 0.5) is 22.7 Å². The van der Waals surface area contributed by atoms with Gasteiger partial charge in [-0.25, -0.2) is 4.98 Å². The Morgan fingerprint density at radius 2 is 1.28 bits per heavy atom. The van der Waals surface area contributed by atoms with Crippen molar-refractivity contribution < 1.29 is 25.8 Å². The zero-order chi connectivity index (χ0) is 42.1. The molecule has 5 aromatic carbocycles. The molecular weight excluding hydrogens is 916 g/mol. The summed E-state index contributed by atoms with van der Waals surface area (Å²) in [5, 5.41) is 2.25. The molecule has 0 spiro atoms. The van der Waals surface area contributed by atoms with Crippen LogP contribution in [-0.2, 0) is 42.7 Å². The van der Waals surface area contributed by atoms with Crippen molar-refractivity contribution in [1.82, 2.24) is 9.55 Å². The molecule has 1 aliphatic rings. The average Bonchev–Trinajstić information content (AvgIpc) is 3.75. The van der Waals surface area contributed by atoms with Crippen molar-refractivity contribution in [3.63, 3.8) is 0 Å². The molecule has 0 bridgehead atoms. The first kappa shape index (κ1) is 43.2. The normalized spacial score (nSPS) is 13.5. The average molecular weight is 975 g/mol. The third-order valence-electron chi connectivity index (χ3n) is 12.5. The molecule has 0 saturated carbocycles. The fourth-order valence-electron chi connectivity index (χ4n) is 8.16. The van der Waals surface area contributed by atoms with E-state index in [0.717, 1.165) is 68.8 Å². The Kier molecular flexibility index (Phi) is 11.4. The van der Waals surface area contributed by atoms with Crippen LogP contribution in [0.3, 0.4) is 0 Å². The zero-order valence-electron chi connectivity index (χ0n) is 37.4. The maximum absolute atomic E-state index is 6.84. The molecule has 0 unspecified atom stereocenters. The summed E-state index contributed by atoms with van der Waals surface area (Å²) in [7, 11) is 0. The Morgan fingerprint density at radius 1 is 0.583 bits per heavy atom. The number of hydrogen-bond acceptors (Lipinski definition) is 4. The predicted molar refractivity (Wildman–Crippen MR) is 248 cm³/mol. The first-order valence-corrected chi connectivity index (χ1v) is 21.2. The van der Waals surface area contributed by atoms with Crippen LogP contribution in [0.1, 0.15) is 118 Å². The Bertz CT molecular complexity index is 2680. The number of anilines is 4. The molecule has 60 heavy (non-hydrogen) atoms. The molecule has 314 valence electrons. The van der Waals surface area contributed by atoms with Crippen molar-refractivity contribution in [3.05, 3.63) is 150 Å². The summed E-state index contributed by atoms with van der Waals surface area (Å²) < 4.78 is 9.06. The van der Waals surface area contributed by atoms with Crippen LogP contribution >= 0.6 is 0 Å². The number of hydrogen-bond donors (Lipinski definition) is 0. The maximum atomic E-state index is 6.84. The van der Waals surface area contributed by atoms with E-state index in [0.29, 0.717) is 11.5 Å². The summed E-state index contributed by atoms with van der Waals surface area (Å²) in [4.78, 5) is 9.50. The Hall–Kier alpha value is -4.86. The molecule has 0 fully saturated rings. The van der Waals surface area contributed by atoms with E-state index in [1.807, 2.05) is 12.3 Å². The molecule has 0 N–H and O–H groups in total. The van der Waals surface area contributed by atoms with Gasteiger partial charge in [-0.2, -0.15) is 6.07 Å². The molecule has 0 amide bonds. The number of nitrogens with zero attached hydrogens (tertiary/aromatic N) is 4. The minimum Gasteiger partial charge on any atom is -0.509 e. The molecule has 0 radical (unpaired) electrons. The predicted octanol–water partition coefficient (Wildman–Crippen LogP) is 14.9. The summed E-state index contributed by atoms with van der Waals surface area (Å²) >= 11 is 0. The smallest absolute Gasteiger partial charge is 0.135 e. The number of ether oxygens (including phenoxy) is 1. The number of para-hydroxylation sites is 1. The van der Waals surface area contributed by atoms with Crippen molar-refractivity contribution in [2.75, 3.05) is 9.80 Å². The second-order valence-corrected chi connectivity index (χ2v) is 19.7. The van der Waals surface area contributed by atoms with Crippen LogP contribution in [-0.4, -0.2) is 9.55 Å². The zero-order valence-corrected chi connectivity index (χ0v) is 39.7. The number of pyridine rings is 1. The molecular formula is C54H59N4OPt-3. The van der Waals surface area contributed by atoms with E-state index in [2.05, 4.69) is 213 Å². The molecule has 7 aromatic rings. The minimum absolute atomic E-state index is 0. The van der Waals surface area contributed by atoms with E-state index >= 15 is 0 Å². The first-order valence-electron chi connectivity index (χ1n) is 21.2. The second-order valence-electron chi connectivity index (χ2n) is 19.7. The number of fused-ring (bicyclic) bond motifs is 4. The summed E-state index contributed by atoms with van der Waals surface area (Å²) in [6.07, 6.45) is 4.08. The SMILES string of the molecule is CCC(C)(CC)c1cccc(N2[CH-]N(c3[c-]c(Oc4[c-]c5c(cc4)c4ccccc4n5-c4cc(C(C)(C)C)ccn4)cc(C(C)(C)C)c3)c3cc(C(C)(C)C)ccc32)c1.[Pt]. The summed E-state index contributed by atoms with van der Waals surface area (Å²) in [5.41, 5.74) is 11.3. The van der Waals surface area contributed by atoms with Crippen LogP contribution < -0.4 is 14.5 Å². The van der Waals surface area contributed by atoms with Crippen LogP contribution in [0.2, 0.25) is 0 Å². The summed E-state index contributed by atoms with van der Waals surface area (Å²) in [6.45, 7) is 29.5. The minimum atomic E-state index is -0.152. The Morgan fingerprint density at radius 3 is 1.98 bits per heavy atom. The van der Waals surface area contributed by atoms with Crippen molar-refractivity contribution in [2.45, 2.75) is 118 Å². The van der Waals surface area contributed by atoms with Gasteiger partial charge in [-0.05, 0) is 99.0 Å². The van der Waals surface area contributed by atoms with Crippen LogP contribution in [0, 0.1) is 18.8 Å². The molecule has 1 aliphatic heterocycles. The van der Waals surface area contributed by atoms with E-state index in [1.165, 1.54) is 16.7 Å². The number of aromatic nitrogens is 2. The van der Waals surface area contributed by atoms with Gasteiger partial charge in [0.05, 0.1) is 0 Å². The van der Waals surface area contributed by atoms with Gasteiger partial charge in [0.25, 0.3) is 0 Å². The third kappa shape index (κ3) is 8.03. The molecule has 2 aromatic heterocycles. The van der Waals surface area contributed by atoms with Crippen LogP contribution in [0.5, 0.6) is 11.5 Å². The molecule has 0 aliphatic carbocycles. The van der Waals surface area contributed by atoms with Gasteiger partial charge in [-0.3, -0.25) is 0 Å². The van der Waals surface area contributed by atoms with E-state index in [1.54, 1.807) is 0 Å². The molecule has 0 saturated heterocycles. The largest absolute Gasteiger partial charge is 0.509 e. The van der Waals surface area contributed by atoms with Gasteiger partial charge < -0.3 is 19.1 Å². The number of benzene rings is 5. The van der Waals surface area contributed by atoms with Crippen molar-refractivity contribution in [1.29, 1.82) is 0 Å². The van der Waals surface area contributed by atoms with Crippen molar-refractivity contribution in [3.8, 4) is 17.3 Å². The van der Waals surface area contributed by atoms with Gasteiger partial charge in [0.15, 0.2) is 0 Å². The van der Waals surface area contributed by atoms with Gasteiger partial charge in [0, 0.05) is 61.3 Å².